The predicted molar refractivity (Wildman–Crippen MR) is 72.7 cm³/mol. The topological polar surface area (TPSA) is 20.2 Å². The maximum atomic E-state index is 9.74. The number of allylic oxidation sites excluding steroid dienone is 6. The van der Waals surface area contributed by atoms with Gasteiger partial charge in [-0.3, -0.25) is 0 Å². The average Bonchev–Trinajstić information content (AvgIpc) is 2.80. The van der Waals surface area contributed by atoms with Crippen molar-refractivity contribution < 1.29 is 68.5 Å². The van der Waals surface area contributed by atoms with Gasteiger partial charge in [0.15, 0.2) is 0 Å². The second-order valence-corrected chi connectivity index (χ2v) is 5.22. The maximum Gasteiger partial charge on any atom is 3.00 e. The SMILES string of the molecule is CC1=CCC(C(CO)C2=C(C)C(C)=CC2)=C1C.[Cl-].[Cl-].[Cl-].[Zr+3]. The van der Waals surface area contributed by atoms with Crippen molar-refractivity contribution in [3.05, 3.63) is 45.6 Å². The van der Waals surface area contributed by atoms with Crippen LogP contribution in [-0.4, -0.2) is 11.7 Å². The van der Waals surface area contributed by atoms with Crippen molar-refractivity contribution in [3.8, 4) is 0 Å². The van der Waals surface area contributed by atoms with Crippen molar-refractivity contribution in [2.75, 3.05) is 6.61 Å². The Balaban J connectivity index is -0.000000810. The van der Waals surface area contributed by atoms with Gasteiger partial charge in [-0.25, -0.2) is 0 Å². The number of hydrogen-bond donors (Lipinski definition) is 1. The fourth-order valence-corrected chi connectivity index (χ4v) is 2.88. The first-order chi connectivity index (χ1) is 8.06. The molecule has 0 spiro atoms. The van der Waals surface area contributed by atoms with Crippen molar-refractivity contribution in [3.63, 3.8) is 0 Å². The van der Waals surface area contributed by atoms with Gasteiger partial charge >= 0.3 is 26.2 Å². The quantitative estimate of drug-likeness (QED) is 0.478. The molecule has 2 aliphatic rings. The predicted octanol–water partition coefficient (Wildman–Crippen LogP) is -5.06. The molecule has 1 N–H and O–H groups in total. The van der Waals surface area contributed by atoms with E-state index in [2.05, 4.69) is 39.8 Å². The normalized spacial score (nSPS) is 16.7. The second-order valence-electron chi connectivity index (χ2n) is 5.22. The number of rotatable bonds is 3. The minimum absolute atomic E-state index is 0. The molecule has 0 fully saturated rings. The molecular weight excluding hydrogens is 406 g/mol. The average molecular weight is 428 g/mol. The number of aliphatic hydroxyl groups is 1. The summed E-state index contributed by atoms with van der Waals surface area (Å²) < 4.78 is 0. The molecule has 0 heterocycles. The van der Waals surface area contributed by atoms with Crippen molar-refractivity contribution in [1.29, 1.82) is 0 Å². The summed E-state index contributed by atoms with van der Waals surface area (Å²) in [6.45, 7) is 8.93. The van der Waals surface area contributed by atoms with E-state index in [1.807, 2.05) is 0 Å². The molecule has 1 nitrogen and oxygen atoms in total. The summed E-state index contributed by atoms with van der Waals surface area (Å²) in [5.41, 5.74) is 8.35. The third-order valence-corrected chi connectivity index (χ3v) is 4.43. The van der Waals surface area contributed by atoms with E-state index in [1.165, 1.54) is 33.4 Å². The van der Waals surface area contributed by atoms with Crippen LogP contribution in [0, 0.1) is 5.92 Å². The largest absolute Gasteiger partial charge is 3.00 e. The fourth-order valence-electron chi connectivity index (χ4n) is 2.88. The standard InChI is InChI=1S/C16H22O.3ClH.Zr/c1-10-5-7-14(12(10)3)16(9-17)15-8-6-11(2)13(15)4;;;;/h5-6,16-17H,7-9H2,1-4H3;3*1H;/q;;;;+3/p-3. The van der Waals surface area contributed by atoms with Gasteiger partial charge in [-0.2, -0.15) is 0 Å². The summed E-state index contributed by atoms with van der Waals surface area (Å²) >= 11 is 0. The molecule has 0 unspecified atom stereocenters. The zero-order valence-electron chi connectivity index (χ0n) is 12.9. The van der Waals surface area contributed by atoms with Crippen LogP contribution in [0.3, 0.4) is 0 Å². The number of halogens is 3. The van der Waals surface area contributed by atoms with Gasteiger partial charge in [0.05, 0.1) is 6.61 Å². The van der Waals surface area contributed by atoms with Crippen molar-refractivity contribution in [2.24, 2.45) is 5.92 Å². The van der Waals surface area contributed by atoms with Crippen LogP contribution in [0.25, 0.3) is 0 Å². The molecule has 0 aromatic heterocycles. The zero-order chi connectivity index (χ0) is 12.6. The van der Waals surface area contributed by atoms with Crippen LogP contribution in [0.1, 0.15) is 40.5 Å². The Morgan fingerprint density at radius 1 is 0.857 bits per heavy atom. The van der Waals surface area contributed by atoms with Crippen LogP contribution in [0.5, 0.6) is 0 Å². The van der Waals surface area contributed by atoms with Gasteiger partial charge in [0.25, 0.3) is 0 Å². The summed E-state index contributed by atoms with van der Waals surface area (Å²) in [5, 5.41) is 9.74. The Labute approximate surface area is 166 Å². The Morgan fingerprint density at radius 2 is 1.19 bits per heavy atom. The van der Waals surface area contributed by atoms with Gasteiger partial charge in [0, 0.05) is 5.92 Å². The van der Waals surface area contributed by atoms with Crippen LogP contribution in [0.15, 0.2) is 45.6 Å². The molecule has 0 aromatic carbocycles. The monoisotopic (exact) mass is 425 g/mol. The van der Waals surface area contributed by atoms with Gasteiger partial charge < -0.3 is 42.3 Å². The molecule has 5 heteroatoms. The van der Waals surface area contributed by atoms with Gasteiger partial charge in [0.2, 0.25) is 0 Å². The maximum absolute atomic E-state index is 9.74. The molecule has 0 atom stereocenters. The van der Waals surface area contributed by atoms with Crippen molar-refractivity contribution in [1.82, 2.24) is 0 Å². The van der Waals surface area contributed by atoms with Crippen molar-refractivity contribution >= 4 is 0 Å². The molecule has 0 saturated carbocycles. The Hall–Kier alpha value is 0.673. The van der Waals surface area contributed by atoms with E-state index in [9.17, 15) is 5.11 Å². The molecule has 2 aliphatic carbocycles. The van der Waals surface area contributed by atoms with Gasteiger partial charge in [-0.15, -0.1) is 0 Å². The smallest absolute Gasteiger partial charge is 1.00 e. The van der Waals surface area contributed by atoms with Crippen LogP contribution in [0.2, 0.25) is 0 Å². The van der Waals surface area contributed by atoms with Crippen LogP contribution >= 0.6 is 0 Å². The van der Waals surface area contributed by atoms with Gasteiger partial charge in [0.1, 0.15) is 0 Å². The molecule has 0 saturated heterocycles. The van der Waals surface area contributed by atoms with E-state index < -0.39 is 0 Å². The minimum Gasteiger partial charge on any atom is -1.00 e. The van der Waals surface area contributed by atoms with E-state index in [-0.39, 0.29) is 75.9 Å². The van der Waals surface area contributed by atoms with E-state index in [0.717, 1.165) is 12.8 Å². The van der Waals surface area contributed by atoms with Gasteiger partial charge in [-0.1, -0.05) is 34.4 Å². The van der Waals surface area contributed by atoms with E-state index in [1.54, 1.807) is 0 Å². The second kappa shape index (κ2) is 11.2. The van der Waals surface area contributed by atoms with E-state index in [0.29, 0.717) is 0 Å². The summed E-state index contributed by atoms with van der Waals surface area (Å²) in [6.07, 6.45) is 6.58. The minimum atomic E-state index is 0. The molecule has 2 rings (SSSR count). The summed E-state index contributed by atoms with van der Waals surface area (Å²) in [7, 11) is 0. The molecule has 0 amide bonds. The van der Waals surface area contributed by atoms with Crippen LogP contribution in [-0.2, 0) is 26.2 Å². The Kier molecular flexibility index (Phi) is 14.2. The third kappa shape index (κ3) is 5.36. The summed E-state index contributed by atoms with van der Waals surface area (Å²) in [6, 6.07) is 0. The van der Waals surface area contributed by atoms with Crippen LogP contribution < -0.4 is 37.2 Å². The first-order valence-electron chi connectivity index (χ1n) is 6.40. The Bertz CT molecular complexity index is 434. The molecular formula is C16H22Cl3OZr. The molecule has 117 valence electrons. The molecule has 21 heavy (non-hydrogen) atoms. The van der Waals surface area contributed by atoms with Gasteiger partial charge in [-0.05, 0) is 51.7 Å². The first-order valence-corrected chi connectivity index (χ1v) is 6.40. The number of aliphatic hydroxyl groups excluding tert-OH is 1. The zero-order valence-corrected chi connectivity index (χ0v) is 17.7. The van der Waals surface area contributed by atoms with Crippen molar-refractivity contribution in [2.45, 2.75) is 40.5 Å². The number of hydrogen-bond acceptors (Lipinski definition) is 1. The van der Waals surface area contributed by atoms with Crippen LogP contribution in [0.4, 0.5) is 0 Å². The third-order valence-electron chi connectivity index (χ3n) is 4.43. The molecule has 0 aromatic rings. The molecule has 1 radical (unpaired) electrons. The first kappa shape index (κ1) is 26.6. The molecule has 0 aliphatic heterocycles. The van der Waals surface area contributed by atoms with E-state index in [4.69, 9.17) is 0 Å². The molecule has 0 bridgehead atoms. The Morgan fingerprint density at radius 3 is 1.38 bits per heavy atom. The fraction of sp³-hybridized carbons (Fsp3) is 0.500. The van der Waals surface area contributed by atoms with E-state index >= 15 is 0 Å². The summed E-state index contributed by atoms with van der Waals surface area (Å²) in [5.74, 6) is 0.234. The summed E-state index contributed by atoms with van der Waals surface area (Å²) in [4.78, 5) is 0.